The zero-order chi connectivity index (χ0) is 11.6. The van der Waals surface area contributed by atoms with Crippen LogP contribution in [0.25, 0.3) is 0 Å². The van der Waals surface area contributed by atoms with Gasteiger partial charge in [0.25, 0.3) is 0 Å². The van der Waals surface area contributed by atoms with E-state index in [1.54, 1.807) is 0 Å². The lowest BCUT2D eigenvalue weighted by Crippen LogP contribution is -2.47. The predicted octanol–water partition coefficient (Wildman–Crippen LogP) is 0.250. The molecule has 0 unspecified atom stereocenters. The summed E-state index contributed by atoms with van der Waals surface area (Å²) in [6.45, 7) is 15.3. The summed E-state index contributed by atoms with van der Waals surface area (Å²) in [4.78, 5) is 5.05. The number of rotatable bonds is 8. The minimum atomic E-state index is 0.820. The second-order valence-corrected chi connectivity index (χ2v) is 4.22. The summed E-state index contributed by atoms with van der Waals surface area (Å²) < 4.78 is 5.27. The van der Waals surface area contributed by atoms with Crippen LogP contribution in [0.4, 0.5) is 0 Å². The van der Waals surface area contributed by atoms with E-state index in [0.717, 1.165) is 26.3 Å². The number of hydrogen-bond acceptors (Lipinski definition) is 4. The van der Waals surface area contributed by atoms with Crippen LogP contribution in [0.15, 0.2) is 0 Å². The van der Waals surface area contributed by atoms with Crippen molar-refractivity contribution in [3.63, 3.8) is 0 Å². The highest BCUT2D eigenvalue weighted by Crippen LogP contribution is 1.99. The molecule has 1 heterocycles. The number of ether oxygens (including phenoxy) is 1. The van der Waals surface area contributed by atoms with Gasteiger partial charge in [-0.2, -0.15) is 0 Å². The van der Waals surface area contributed by atoms with Gasteiger partial charge in [0.2, 0.25) is 0 Å². The highest BCUT2D eigenvalue weighted by Gasteiger charge is 2.14. The summed E-state index contributed by atoms with van der Waals surface area (Å²) in [5.41, 5.74) is 0. The van der Waals surface area contributed by atoms with Gasteiger partial charge in [-0.3, -0.25) is 4.90 Å². The van der Waals surface area contributed by atoms with Crippen molar-refractivity contribution in [2.24, 2.45) is 0 Å². The van der Waals surface area contributed by atoms with E-state index in [4.69, 9.17) is 4.74 Å². The van der Waals surface area contributed by atoms with Gasteiger partial charge < -0.3 is 15.0 Å². The first-order valence-electron chi connectivity index (χ1n) is 6.60. The van der Waals surface area contributed by atoms with Crippen molar-refractivity contribution in [3.05, 3.63) is 0 Å². The zero-order valence-electron chi connectivity index (χ0n) is 10.9. The molecule has 0 saturated carbocycles. The standard InChI is InChI=1S/C12H27N3O/c1-3-14-8-10-15(11-9-14)7-5-13-6-12-16-4-2/h13H,3-12H2,1-2H3. The molecule has 0 radical (unpaired) electrons. The maximum absolute atomic E-state index is 5.27. The van der Waals surface area contributed by atoms with Gasteiger partial charge in [-0.25, -0.2) is 0 Å². The fraction of sp³-hybridized carbons (Fsp3) is 1.00. The molecule has 0 spiro atoms. The minimum absolute atomic E-state index is 0.820. The van der Waals surface area contributed by atoms with Crippen LogP contribution in [-0.2, 0) is 4.74 Å². The zero-order valence-corrected chi connectivity index (χ0v) is 10.9. The Kier molecular flexibility index (Phi) is 7.76. The van der Waals surface area contributed by atoms with Crippen LogP contribution < -0.4 is 5.32 Å². The van der Waals surface area contributed by atoms with Crippen molar-refractivity contribution in [2.75, 3.05) is 65.6 Å². The Morgan fingerprint density at radius 1 is 1.00 bits per heavy atom. The van der Waals surface area contributed by atoms with Crippen LogP contribution in [0, 0.1) is 0 Å². The average Bonchev–Trinajstić information content (AvgIpc) is 2.34. The fourth-order valence-electron chi connectivity index (χ4n) is 1.98. The molecule has 1 rings (SSSR count). The molecular formula is C12H27N3O. The first-order valence-corrected chi connectivity index (χ1v) is 6.60. The van der Waals surface area contributed by atoms with Crippen molar-refractivity contribution in [2.45, 2.75) is 13.8 Å². The largest absolute Gasteiger partial charge is 0.380 e. The maximum Gasteiger partial charge on any atom is 0.0590 e. The first kappa shape index (κ1) is 13.9. The van der Waals surface area contributed by atoms with Gasteiger partial charge in [0.1, 0.15) is 0 Å². The summed E-state index contributed by atoms with van der Waals surface area (Å²) in [7, 11) is 0. The second-order valence-electron chi connectivity index (χ2n) is 4.22. The minimum Gasteiger partial charge on any atom is -0.380 e. The van der Waals surface area contributed by atoms with E-state index in [2.05, 4.69) is 22.0 Å². The van der Waals surface area contributed by atoms with Crippen LogP contribution >= 0.6 is 0 Å². The van der Waals surface area contributed by atoms with Crippen molar-refractivity contribution >= 4 is 0 Å². The molecule has 4 heteroatoms. The normalized spacial score (nSPS) is 19.1. The van der Waals surface area contributed by atoms with Crippen LogP contribution in [0.3, 0.4) is 0 Å². The molecule has 1 N–H and O–H groups in total. The highest BCUT2D eigenvalue weighted by atomic mass is 16.5. The molecule has 0 bridgehead atoms. The monoisotopic (exact) mass is 229 g/mol. The number of nitrogens with zero attached hydrogens (tertiary/aromatic N) is 2. The van der Waals surface area contributed by atoms with E-state index in [9.17, 15) is 0 Å². The smallest absolute Gasteiger partial charge is 0.0590 e. The molecule has 0 aliphatic carbocycles. The lowest BCUT2D eigenvalue weighted by atomic mass is 10.3. The highest BCUT2D eigenvalue weighted by molar-refractivity contribution is 4.71. The SMILES string of the molecule is CCOCCNCCN1CCN(CC)CC1. The van der Waals surface area contributed by atoms with Crippen molar-refractivity contribution in [1.82, 2.24) is 15.1 Å². The van der Waals surface area contributed by atoms with Gasteiger partial charge >= 0.3 is 0 Å². The number of piperazine rings is 1. The summed E-state index contributed by atoms with van der Waals surface area (Å²) in [6.07, 6.45) is 0. The van der Waals surface area contributed by atoms with E-state index >= 15 is 0 Å². The quantitative estimate of drug-likeness (QED) is 0.604. The van der Waals surface area contributed by atoms with Gasteiger partial charge in [0.05, 0.1) is 6.61 Å². The molecule has 1 aliphatic heterocycles. The summed E-state index contributed by atoms with van der Waals surface area (Å²) >= 11 is 0. The lowest BCUT2D eigenvalue weighted by molar-refractivity contribution is 0.132. The van der Waals surface area contributed by atoms with Crippen molar-refractivity contribution < 1.29 is 4.74 Å². The Balaban J connectivity index is 1.90. The molecule has 96 valence electrons. The lowest BCUT2D eigenvalue weighted by Gasteiger charge is -2.33. The Hall–Kier alpha value is -0.160. The Morgan fingerprint density at radius 3 is 2.31 bits per heavy atom. The van der Waals surface area contributed by atoms with Crippen LogP contribution in [-0.4, -0.2) is 75.4 Å². The number of hydrogen-bond donors (Lipinski definition) is 1. The molecule has 1 saturated heterocycles. The van der Waals surface area contributed by atoms with Crippen LogP contribution in [0.1, 0.15) is 13.8 Å². The summed E-state index contributed by atoms with van der Waals surface area (Å²) in [5, 5.41) is 3.41. The van der Waals surface area contributed by atoms with Gasteiger partial charge in [0.15, 0.2) is 0 Å². The topological polar surface area (TPSA) is 27.7 Å². The molecule has 1 fully saturated rings. The summed E-state index contributed by atoms with van der Waals surface area (Å²) in [6, 6.07) is 0. The maximum atomic E-state index is 5.27. The molecular weight excluding hydrogens is 202 g/mol. The Bertz CT molecular complexity index is 158. The van der Waals surface area contributed by atoms with Crippen LogP contribution in [0.5, 0.6) is 0 Å². The van der Waals surface area contributed by atoms with Gasteiger partial charge in [0, 0.05) is 52.4 Å². The second kappa shape index (κ2) is 8.93. The Morgan fingerprint density at radius 2 is 1.69 bits per heavy atom. The van der Waals surface area contributed by atoms with Gasteiger partial charge in [-0.15, -0.1) is 0 Å². The van der Waals surface area contributed by atoms with Crippen molar-refractivity contribution in [1.29, 1.82) is 0 Å². The molecule has 0 aromatic rings. The van der Waals surface area contributed by atoms with Gasteiger partial charge in [-0.05, 0) is 13.5 Å². The molecule has 4 nitrogen and oxygen atoms in total. The first-order chi connectivity index (χ1) is 7.86. The number of nitrogens with one attached hydrogen (secondary N) is 1. The third-order valence-corrected chi connectivity index (χ3v) is 3.14. The van der Waals surface area contributed by atoms with E-state index < -0.39 is 0 Å². The van der Waals surface area contributed by atoms with E-state index in [1.807, 2.05) is 6.92 Å². The molecule has 16 heavy (non-hydrogen) atoms. The third-order valence-electron chi connectivity index (χ3n) is 3.14. The molecule has 0 aromatic carbocycles. The van der Waals surface area contributed by atoms with E-state index in [0.29, 0.717) is 0 Å². The van der Waals surface area contributed by atoms with Crippen molar-refractivity contribution in [3.8, 4) is 0 Å². The van der Waals surface area contributed by atoms with E-state index in [-0.39, 0.29) is 0 Å². The fourth-order valence-corrected chi connectivity index (χ4v) is 1.98. The van der Waals surface area contributed by atoms with E-state index in [1.165, 1.54) is 39.3 Å². The van der Waals surface area contributed by atoms with Gasteiger partial charge in [-0.1, -0.05) is 6.92 Å². The number of likely N-dealkylation sites (N-methyl/N-ethyl adjacent to an activating group) is 1. The molecule has 0 aromatic heterocycles. The summed E-state index contributed by atoms with van der Waals surface area (Å²) in [5.74, 6) is 0. The molecule has 0 amide bonds. The predicted molar refractivity (Wildman–Crippen MR) is 67.9 cm³/mol. The molecule has 1 aliphatic rings. The average molecular weight is 229 g/mol. The molecule has 0 atom stereocenters. The third kappa shape index (κ3) is 5.80. The Labute approximate surface area is 99.9 Å². The van der Waals surface area contributed by atoms with Crippen LogP contribution in [0.2, 0.25) is 0 Å².